The Kier molecular flexibility index (Phi) is 3.52. The number of fused-ring (bicyclic) bond motifs is 1. The molecule has 6 heteroatoms. The average molecular weight is 297 g/mol. The molecule has 0 aliphatic rings. The first kappa shape index (κ1) is 14.4. The van der Waals surface area contributed by atoms with Gasteiger partial charge in [-0.1, -0.05) is 20.8 Å². The van der Waals surface area contributed by atoms with Crippen molar-refractivity contribution in [1.29, 1.82) is 0 Å². The first-order valence-electron chi connectivity index (χ1n) is 7.29. The third-order valence-corrected chi connectivity index (χ3v) is 3.29. The average Bonchev–Trinajstić information content (AvgIpc) is 2.91. The molecule has 0 spiro atoms. The van der Waals surface area contributed by atoms with E-state index in [1.165, 1.54) is 0 Å². The second kappa shape index (κ2) is 5.36. The Labute approximate surface area is 129 Å². The summed E-state index contributed by atoms with van der Waals surface area (Å²) >= 11 is 0. The van der Waals surface area contributed by atoms with Crippen LogP contribution < -0.4 is 4.74 Å². The number of hydrogen-bond donors (Lipinski definition) is 0. The molecular weight excluding hydrogens is 278 g/mol. The van der Waals surface area contributed by atoms with Crippen molar-refractivity contribution in [3.63, 3.8) is 0 Å². The van der Waals surface area contributed by atoms with Crippen LogP contribution >= 0.6 is 0 Å². The van der Waals surface area contributed by atoms with Gasteiger partial charge in [-0.25, -0.2) is 4.98 Å². The molecule has 3 aromatic heterocycles. The molecule has 0 amide bonds. The van der Waals surface area contributed by atoms with Gasteiger partial charge in [0.25, 0.3) is 0 Å². The summed E-state index contributed by atoms with van der Waals surface area (Å²) in [6, 6.07) is 3.80. The Morgan fingerprint density at radius 2 is 1.91 bits per heavy atom. The molecule has 3 heterocycles. The van der Waals surface area contributed by atoms with Gasteiger partial charge in [-0.15, -0.1) is 10.2 Å². The fourth-order valence-corrected chi connectivity index (χ4v) is 2.23. The largest absolute Gasteiger partial charge is 0.478 e. The predicted molar refractivity (Wildman–Crippen MR) is 83.9 cm³/mol. The van der Waals surface area contributed by atoms with Crippen molar-refractivity contribution in [3.05, 3.63) is 36.5 Å². The highest BCUT2D eigenvalue weighted by molar-refractivity contribution is 5.59. The fourth-order valence-electron chi connectivity index (χ4n) is 2.23. The molecule has 0 N–H and O–H groups in total. The zero-order chi connectivity index (χ0) is 15.7. The van der Waals surface area contributed by atoms with Gasteiger partial charge in [0.1, 0.15) is 5.82 Å². The summed E-state index contributed by atoms with van der Waals surface area (Å²) in [6.07, 6.45) is 5.45. The number of nitrogens with zero attached hydrogens (tertiary/aromatic N) is 5. The molecule has 0 radical (unpaired) electrons. The van der Waals surface area contributed by atoms with Gasteiger partial charge in [-0.3, -0.25) is 9.38 Å². The van der Waals surface area contributed by atoms with Gasteiger partial charge in [-0.2, -0.15) is 0 Å². The van der Waals surface area contributed by atoms with E-state index in [0.717, 1.165) is 22.7 Å². The molecule has 0 aliphatic carbocycles. The fraction of sp³-hybridized carbons (Fsp3) is 0.375. The highest BCUT2D eigenvalue weighted by atomic mass is 16.5. The summed E-state index contributed by atoms with van der Waals surface area (Å²) in [5.74, 6) is 1.53. The van der Waals surface area contributed by atoms with Crippen LogP contribution in [0.4, 0.5) is 0 Å². The van der Waals surface area contributed by atoms with Crippen molar-refractivity contribution in [3.8, 4) is 17.1 Å². The van der Waals surface area contributed by atoms with E-state index in [-0.39, 0.29) is 5.41 Å². The third-order valence-electron chi connectivity index (χ3n) is 3.29. The van der Waals surface area contributed by atoms with E-state index in [1.807, 2.05) is 29.7 Å². The molecule has 3 rings (SSSR count). The van der Waals surface area contributed by atoms with Gasteiger partial charge in [0.15, 0.2) is 5.65 Å². The summed E-state index contributed by atoms with van der Waals surface area (Å²) < 4.78 is 7.35. The van der Waals surface area contributed by atoms with Crippen LogP contribution in [0.2, 0.25) is 0 Å². The molecule has 22 heavy (non-hydrogen) atoms. The third kappa shape index (κ3) is 2.64. The Morgan fingerprint density at radius 1 is 1.09 bits per heavy atom. The summed E-state index contributed by atoms with van der Waals surface area (Å²) in [6.45, 7) is 8.88. The van der Waals surface area contributed by atoms with Gasteiger partial charge < -0.3 is 4.74 Å². The summed E-state index contributed by atoms with van der Waals surface area (Å²) in [4.78, 5) is 8.73. The van der Waals surface area contributed by atoms with Crippen molar-refractivity contribution >= 4 is 5.65 Å². The molecule has 114 valence electrons. The highest BCUT2D eigenvalue weighted by Gasteiger charge is 2.21. The number of hydrogen-bond acceptors (Lipinski definition) is 5. The van der Waals surface area contributed by atoms with Crippen molar-refractivity contribution in [1.82, 2.24) is 24.6 Å². The first-order chi connectivity index (χ1) is 10.5. The van der Waals surface area contributed by atoms with Crippen LogP contribution in [0.1, 0.15) is 33.5 Å². The minimum absolute atomic E-state index is 0.0882. The van der Waals surface area contributed by atoms with E-state index < -0.39 is 0 Å². The Hall–Kier alpha value is -2.50. The zero-order valence-electron chi connectivity index (χ0n) is 13.2. The molecule has 0 fully saturated rings. The lowest BCUT2D eigenvalue weighted by molar-refractivity contribution is 0.327. The van der Waals surface area contributed by atoms with Gasteiger partial charge in [0, 0.05) is 29.4 Å². The topological polar surface area (TPSA) is 65.2 Å². The SMILES string of the molecule is CCOc1ccc(-c2cn3c(C(C)(C)C)nnc3cn2)cn1. The van der Waals surface area contributed by atoms with Gasteiger partial charge >= 0.3 is 0 Å². The lowest BCUT2D eigenvalue weighted by Gasteiger charge is -2.15. The zero-order valence-corrected chi connectivity index (χ0v) is 13.2. The van der Waals surface area contributed by atoms with Crippen molar-refractivity contribution in [2.75, 3.05) is 6.61 Å². The minimum atomic E-state index is -0.0882. The van der Waals surface area contributed by atoms with Crippen LogP contribution in [-0.2, 0) is 5.41 Å². The van der Waals surface area contributed by atoms with Gasteiger partial charge in [-0.05, 0) is 13.0 Å². The molecule has 0 saturated carbocycles. The summed E-state index contributed by atoms with van der Waals surface area (Å²) in [5.41, 5.74) is 2.41. The van der Waals surface area contributed by atoms with Gasteiger partial charge in [0.2, 0.25) is 5.88 Å². The van der Waals surface area contributed by atoms with Crippen molar-refractivity contribution in [2.24, 2.45) is 0 Å². The standard InChI is InChI=1S/C16H19N5O/c1-5-22-14-7-6-11(8-18-14)12-10-21-13(9-17-12)19-20-15(21)16(2,3)4/h6-10H,5H2,1-4H3. The van der Waals surface area contributed by atoms with Gasteiger partial charge in [0.05, 0.1) is 18.5 Å². The molecule has 0 aliphatic heterocycles. The summed E-state index contributed by atoms with van der Waals surface area (Å²) in [7, 11) is 0. The maximum Gasteiger partial charge on any atom is 0.213 e. The Balaban J connectivity index is 2.04. The monoisotopic (exact) mass is 297 g/mol. The normalized spacial score (nSPS) is 11.8. The van der Waals surface area contributed by atoms with Crippen molar-refractivity contribution in [2.45, 2.75) is 33.1 Å². The first-order valence-corrected chi connectivity index (χ1v) is 7.29. The summed E-state index contributed by atoms with van der Waals surface area (Å²) in [5, 5.41) is 8.45. The van der Waals surface area contributed by atoms with E-state index in [4.69, 9.17) is 4.74 Å². The highest BCUT2D eigenvalue weighted by Crippen LogP contribution is 2.23. The quantitative estimate of drug-likeness (QED) is 0.743. The van der Waals surface area contributed by atoms with Crippen LogP contribution in [0.3, 0.4) is 0 Å². The van der Waals surface area contributed by atoms with Crippen LogP contribution in [0.5, 0.6) is 5.88 Å². The number of aromatic nitrogens is 5. The second-order valence-electron chi connectivity index (χ2n) is 6.09. The molecule has 3 aromatic rings. The van der Waals surface area contributed by atoms with Crippen LogP contribution in [0, 0.1) is 0 Å². The Bertz CT molecular complexity index is 786. The van der Waals surface area contributed by atoms with E-state index in [0.29, 0.717) is 12.5 Å². The molecule has 0 atom stereocenters. The molecular formula is C16H19N5O. The second-order valence-corrected chi connectivity index (χ2v) is 6.09. The molecule has 6 nitrogen and oxygen atoms in total. The van der Waals surface area contributed by atoms with E-state index in [1.54, 1.807) is 12.4 Å². The molecule has 0 aromatic carbocycles. The number of ether oxygens (including phenoxy) is 1. The maximum atomic E-state index is 5.36. The smallest absolute Gasteiger partial charge is 0.213 e. The number of rotatable bonds is 3. The van der Waals surface area contributed by atoms with Crippen LogP contribution in [0.15, 0.2) is 30.7 Å². The van der Waals surface area contributed by atoms with Crippen molar-refractivity contribution < 1.29 is 4.74 Å². The Morgan fingerprint density at radius 3 is 2.55 bits per heavy atom. The lowest BCUT2D eigenvalue weighted by Crippen LogP contribution is -2.16. The van der Waals surface area contributed by atoms with Crippen LogP contribution in [-0.4, -0.2) is 31.2 Å². The minimum Gasteiger partial charge on any atom is -0.478 e. The van der Waals surface area contributed by atoms with Crippen LogP contribution in [0.25, 0.3) is 16.9 Å². The molecule has 0 unspecified atom stereocenters. The maximum absolute atomic E-state index is 5.36. The molecule has 0 bridgehead atoms. The lowest BCUT2D eigenvalue weighted by atomic mass is 9.96. The predicted octanol–water partition coefficient (Wildman–Crippen LogP) is 2.88. The molecule has 0 saturated heterocycles. The number of pyridine rings is 1. The van der Waals surface area contributed by atoms with E-state index in [2.05, 4.69) is 40.9 Å². The van der Waals surface area contributed by atoms with E-state index >= 15 is 0 Å². The van der Waals surface area contributed by atoms with E-state index in [9.17, 15) is 0 Å².